The first kappa shape index (κ1) is 19.8. The van der Waals surface area contributed by atoms with Crippen molar-refractivity contribution in [2.24, 2.45) is 0 Å². The van der Waals surface area contributed by atoms with E-state index in [1.54, 1.807) is 48.5 Å². The number of hydrogen-bond donors (Lipinski definition) is 3. The van der Waals surface area contributed by atoms with E-state index in [1.165, 1.54) is 7.11 Å². The molecule has 0 saturated heterocycles. The van der Waals surface area contributed by atoms with Gasteiger partial charge < -0.3 is 25.4 Å². The van der Waals surface area contributed by atoms with Crippen molar-refractivity contribution in [1.29, 1.82) is 0 Å². The van der Waals surface area contributed by atoms with Crippen LogP contribution >= 0.6 is 0 Å². The van der Waals surface area contributed by atoms with Crippen molar-refractivity contribution in [2.75, 3.05) is 24.3 Å². The average Bonchev–Trinajstić information content (AvgIpc) is 2.75. The number of carbonyl (C=O) groups excluding carboxylic acids is 2. The highest BCUT2D eigenvalue weighted by atomic mass is 16.5. The molecular formula is C22H21N3O4. The Balaban J connectivity index is 1.46. The molecule has 0 unspecified atom stereocenters. The highest BCUT2D eigenvalue weighted by Crippen LogP contribution is 2.23. The van der Waals surface area contributed by atoms with Gasteiger partial charge in [0.1, 0.15) is 17.2 Å². The second-order valence-electron chi connectivity index (χ2n) is 6.00. The van der Waals surface area contributed by atoms with Crippen LogP contribution in [0, 0.1) is 0 Å². The van der Waals surface area contributed by atoms with Crippen LogP contribution in [0.25, 0.3) is 0 Å². The van der Waals surface area contributed by atoms with Crippen LogP contribution in [0.4, 0.5) is 16.2 Å². The lowest BCUT2D eigenvalue weighted by molar-refractivity contribution is -0.115. The number of benzene rings is 3. The lowest BCUT2D eigenvalue weighted by atomic mass is 10.3. The number of para-hydroxylation sites is 3. The fourth-order valence-electron chi connectivity index (χ4n) is 2.51. The van der Waals surface area contributed by atoms with Gasteiger partial charge in [-0.05, 0) is 48.5 Å². The zero-order valence-electron chi connectivity index (χ0n) is 15.8. The summed E-state index contributed by atoms with van der Waals surface area (Å²) in [4.78, 5) is 24.0. The number of carbonyl (C=O) groups is 2. The van der Waals surface area contributed by atoms with Crippen molar-refractivity contribution < 1.29 is 19.1 Å². The number of nitrogens with one attached hydrogen (secondary N) is 3. The third kappa shape index (κ3) is 6.00. The molecule has 7 nitrogen and oxygen atoms in total. The number of methoxy groups -OCH3 is 1. The summed E-state index contributed by atoms with van der Waals surface area (Å²) in [5, 5.41) is 7.86. The predicted octanol–water partition coefficient (Wildman–Crippen LogP) is 4.25. The molecule has 3 aromatic carbocycles. The van der Waals surface area contributed by atoms with E-state index >= 15 is 0 Å². The lowest BCUT2D eigenvalue weighted by Crippen LogP contribution is -2.35. The molecule has 0 atom stereocenters. The Bertz CT molecular complexity index is 959. The Morgan fingerprint density at radius 3 is 2.17 bits per heavy atom. The van der Waals surface area contributed by atoms with Gasteiger partial charge in [-0.15, -0.1) is 0 Å². The molecule has 0 saturated carbocycles. The number of ether oxygens (including phenoxy) is 2. The summed E-state index contributed by atoms with van der Waals surface area (Å²) in [6.07, 6.45) is 0. The van der Waals surface area contributed by atoms with Gasteiger partial charge in [0.15, 0.2) is 0 Å². The molecular weight excluding hydrogens is 370 g/mol. The minimum Gasteiger partial charge on any atom is -0.495 e. The molecule has 0 aromatic heterocycles. The molecule has 3 N–H and O–H groups in total. The molecule has 148 valence electrons. The number of anilines is 2. The van der Waals surface area contributed by atoms with Gasteiger partial charge in [-0.3, -0.25) is 4.79 Å². The topological polar surface area (TPSA) is 88.7 Å². The highest BCUT2D eigenvalue weighted by Gasteiger charge is 2.09. The van der Waals surface area contributed by atoms with Gasteiger partial charge in [-0.1, -0.05) is 30.3 Å². The van der Waals surface area contributed by atoms with Crippen molar-refractivity contribution in [1.82, 2.24) is 5.32 Å². The zero-order chi connectivity index (χ0) is 20.5. The van der Waals surface area contributed by atoms with E-state index in [1.807, 2.05) is 30.3 Å². The molecule has 0 radical (unpaired) electrons. The molecule has 0 aliphatic carbocycles. The largest absolute Gasteiger partial charge is 0.495 e. The maximum absolute atomic E-state index is 12.1. The van der Waals surface area contributed by atoms with E-state index in [4.69, 9.17) is 9.47 Å². The zero-order valence-corrected chi connectivity index (χ0v) is 15.8. The smallest absolute Gasteiger partial charge is 0.319 e. The minimum atomic E-state index is -0.503. The van der Waals surface area contributed by atoms with Gasteiger partial charge in [0.25, 0.3) is 0 Å². The van der Waals surface area contributed by atoms with Crippen LogP contribution < -0.4 is 25.4 Å². The third-order valence-electron chi connectivity index (χ3n) is 3.88. The number of rotatable bonds is 7. The second-order valence-corrected chi connectivity index (χ2v) is 6.00. The molecule has 0 aliphatic rings. The summed E-state index contributed by atoms with van der Waals surface area (Å²) in [6, 6.07) is 22.9. The fraction of sp³-hybridized carbons (Fsp3) is 0.0909. The van der Waals surface area contributed by atoms with E-state index in [2.05, 4.69) is 16.0 Å². The molecule has 0 fully saturated rings. The standard InChI is InChI=1S/C22H21N3O4/c1-28-20-10-6-5-9-19(20)25-22(27)23-15-21(26)24-16-11-13-18(14-12-16)29-17-7-3-2-4-8-17/h2-14H,15H2,1H3,(H,24,26)(H2,23,25,27). The van der Waals surface area contributed by atoms with Gasteiger partial charge in [-0.2, -0.15) is 0 Å². The van der Waals surface area contributed by atoms with Crippen LogP contribution in [0.5, 0.6) is 17.2 Å². The maximum atomic E-state index is 12.1. The van der Waals surface area contributed by atoms with Crippen LogP contribution in [-0.2, 0) is 4.79 Å². The van der Waals surface area contributed by atoms with E-state index in [-0.39, 0.29) is 12.5 Å². The third-order valence-corrected chi connectivity index (χ3v) is 3.88. The Kier molecular flexibility index (Phi) is 6.67. The predicted molar refractivity (Wildman–Crippen MR) is 112 cm³/mol. The summed E-state index contributed by atoms with van der Waals surface area (Å²) in [6.45, 7) is -0.177. The number of hydrogen-bond acceptors (Lipinski definition) is 4. The van der Waals surface area contributed by atoms with Gasteiger partial charge in [0, 0.05) is 5.69 Å². The summed E-state index contributed by atoms with van der Waals surface area (Å²) >= 11 is 0. The van der Waals surface area contributed by atoms with Crippen LogP contribution in [0.1, 0.15) is 0 Å². The molecule has 3 amide bonds. The lowest BCUT2D eigenvalue weighted by Gasteiger charge is -2.11. The Morgan fingerprint density at radius 2 is 1.45 bits per heavy atom. The second kappa shape index (κ2) is 9.80. The Labute approximate surface area is 168 Å². The Hall–Kier alpha value is -4.00. The molecule has 3 aromatic rings. The minimum absolute atomic E-state index is 0.177. The summed E-state index contributed by atoms with van der Waals surface area (Å²) in [5.74, 6) is 1.57. The molecule has 29 heavy (non-hydrogen) atoms. The van der Waals surface area contributed by atoms with E-state index in [9.17, 15) is 9.59 Å². The summed E-state index contributed by atoms with van der Waals surface area (Å²) < 4.78 is 10.9. The van der Waals surface area contributed by atoms with E-state index in [0.717, 1.165) is 5.75 Å². The van der Waals surface area contributed by atoms with Crippen molar-refractivity contribution in [3.63, 3.8) is 0 Å². The van der Waals surface area contributed by atoms with Crippen molar-refractivity contribution in [2.45, 2.75) is 0 Å². The molecule has 0 aliphatic heterocycles. The molecule has 0 spiro atoms. The van der Waals surface area contributed by atoms with Crippen molar-refractivity contribution >= 4 is 23.3 Å². The summed E-state index contributed by atoms with van der Waals surface area (Å²) in [5.41, 5.74) is 1.12. The summed E-state index contributed by atoms with van der Waals surface area (Å²) in [7, 11) is 1.52. The van der Waals surface area contributed by atoms with E-state index < -0.39 is 6.03 Å². The normalized spacial score (nSPS) is 9.97. The number of urea groups is 1. The SMILES string of the molecule is COc1ccccc1NC(=O)NCC(=O)Nc1ccc(Oc2ccccc2)cc1. The molecule has 0 bridgehead atoms. The Morgan fingerprint density at radius 1 is 0.793 bits per heavy atom. The monoisotopic (exact) mass is 391 g/mol. The van der Waals surface area contributed by atoms with Gasteiger partial charge in [-0.25, -0.2) is 4.79 Å². The van der Waals surface area contributed by atoms with Gasteiger partial charge in [0.2, 0.25) is 5.91 Å². The van der Waals surface area contributed by atoms with Gasteiger partial charge >= 0.3 is 6.03 Å². The van der Waals surface area contributed by atoms with Gasteiger partial charge in [0.05, 0.1) is 19.3 Å². The molecule has 3 rings (SSSR count). The van der Waals surface area contributed by atoms with Crippen molar-refractivity contribution in [3.05, 3.63) is 78.9 Å². The first-order valence-electron chi connectivity index (χ1n) is 8.95. The van der Waals surface area contributed by atoms with Crippen LogP contribution in [0.3, 0.4) is 0 Å². The average molecular weight is 391 g/mol. The molecule has 0 heterocycles. The van der Waals surface area contributed by atoms with Crippen molar-refractivity contribution in [3.8, 4) is 17.2 Å². The first-order chi connectivity index (χ1) is 14.1. The first-order valence-corrected chi connectivity index (χ1v) is 8.95. The maximum Gasteiger partial charge on any atom is 0.319 e. The molecule has 7 heteroatoms. The highest BCUT2D eigenvalue weighted by molar-refractivity contribution is 5.97. The van der Waals surface area contributed by atoms with Crippen LogP contribution in [0.15, 0.2) is 78.9 Å². The number of amides is 3. The quantitative estimate of drug-likeness (QED) is 0.562. The van der Waals surface area contributed by atoms with E-state index in [0.29, 0.717) is 22.9 Å². The van der Waals surface area contributed by atoms with Crippen LogP contribution in [0.2, 0.25) is 0 Å². The van der Waals surface area contributed by atoms with Crippen LogP contribution in [-0.4, -0.2) is 25.6 Å². The fourth-order valence-corrected chi connectivity index (χ4v) is 2.51.